The lowest BCUT2D eigenvalue weighted by Gasteiger charge is -2.27. The maximum Gasteiger partial charge on any atom is 0.356 e. The molecule has 2 N–H and O–H groups in total. The van der Waals surface area contributed by atoms with Crippen LogP contribution in [0.4, 0.5) is 0 Å². The van der Waals surface area contributed by atoms with Crippen LogP contribution in [0.2, 0.25) is 0 Å². The number of aryl methyl sites for hydroxylation is 1. The van der Waals surface area contributed by atoms with Gasteiger partial charge in [-0.2, -0.15) is 5.10 Å². The molecule has 1 amide bonds. The topological polar surface area (TPSA) is 105 Å². The van der Waals surface area contributed by atoms with E-state index in [4.69, 9.17) is 9.84 Å². The summed E-state index contributed by atoms with van der Waals surface area (Å²) in [5, 5.41) is 22.6. The largest absolute Gasteiger partial charge is 0.495 e. The molecule has 0 aliphatic carbocycles. The van der Waals surface area contributed by atoms with Gasteiger partial charge in [-0.25, -0.2) is 4.79 Å². The maximum absolute atomic E-state index is 12.9. The minimum atomic E-state index is -1.13. The zero-order chi connectivity index (χ0) is 18.1. The van der Waals surface area contributed by atoms with E-state index in [9.17, 15) is 14.7 Å². The van der Waals surface area contributed by atoms with Crippen LogP contribution in [-0.4, -0.2) is 57.0 Å². The predicted molar refractivity (Wildman–Crippen MR) is 90.3 cm³/mol. The number of methoxy groups -OCH3 is 1. The Morgan fingerprint density at radius 2 is 2.20 bits per heavy atom. The number of aliphatic hydroxyl groups excluding tert-OH is 1. The van der Waals surface area contributed by atoms with Crippen molar-refractivity contribution in [2.45, 2.75) is 26.4 Å². The van der Waals surface area contributed by atoms with Gasteiger partial charge in [-0.1, -0.05) is 0 Å². The summed E-state index contributed by atoms with van der Waals surface area (Å²) < 4.78 is 6.79. The molecule has 3 heterocycles. The second kappa shape index (κ2) is 6.85. The van der Waals surface area contributed by atoms with Gasteiger partial charge in [0, 0.05) is 29.1 Å². The van der Waals surface area contributed by atoms with Crippen molar-refractivity contribution in [3.05, 3.63) is 32.8 Å². The number of aromatic carboxylic acids is 1. The Morgan fingerprint density at radius 3 is 2.84 bits per heavy atom. The number of aliphatic hydroxyl groups is 1. The van der Waals surface area contributed by atoms with Gasteiger partial charge < -0.3 is 19.8 Å². The highest BCUT2D eigenvalue weighted by Crippen LogP contribution is 2.32. The van der Waals surface area contributed by atoms with Crippen LogP contribution in [0.3, 0.4) is 0 Å². The lowest BCUT2D eigenvalue weighted by Crippen LogP contribution is -2.36. The SMILES string of the molecule is COc1cc(C)sc1C(=O)N1CCc2c(c(C(=O)O)nn2CCO)C1. The van der Waals surface area contributed by atoms with E-state index < -0.39 is 5.97 Å². The molecule has 0 fully saturated rings. The van der Waals surface area contributed by atoms with Crippen molar-refractivity contribution in [3.63, 3.8) is 0 Å². The molecule has 0 atom stereocenters. The highest BCUT2D eigenvalue weighted by Gasteiger charge is 2.31. The van der Waals surface area contributed by atoms with Crippen LogP contribution in [0.25, 0.3) is 0 Å². The summed E-state index contributed by atoms with van der Waals surface area (Å²) in [7, 11) is 1.52. The molecule has 1 aliphatic heterocycles. The van der Waals surface area contributed by atoms with E-state index in [0.717, 1.165) is 10.6 Å². The molecule has 0 spiro atoms. The fourth-order valence-corrected chi connectivity index (χ4v) is 4.00. The molecule has 0 radical (unpaired) electrons. The Labute approximate surface area is 148 Å². The van der Waals surface area contributed by atoms with Crippen LogP contribution in [0.15, 0.2) is 6.07 Å². The van der Waals surface area contributed by atoms with Crippen LogP contribution in [-0.2, 0) is 19.5 Å². The van der Waals surface area contributed by atoms with Gasteiger partial charge in [0.2, 0.25) is 0 Å². The molecule has 9 heteroatoms. The second-order valence-corrected chi connectivity index (χ2v) is 7.01. The van der Waals surface area contributed by atoms with E-state index in [1.54, 1.807) is 4.90 Å². The fourth-order valence-electron chi connectivity index (χ4n) is 3.05. The van der Waals surface area contributed by atoms with Crippen molar-refractivity contribution in [1.82, 2.24) is 14.7 Å². The quantitative estimate of drug-likeness (QED) is 0.824. The number of carbonyl (C=O) groups excluding carboxylic acids is 1. The number of fused-ring (bicyclic) bond motifs is 1. The summed E-state index contributed by atoms with van der Waals surface area (Å²) in [5.74, 6) is -0.772. The summed E-state index contributed by atoms with van der Waals surface area (Å²) in [5.41, 5.74) is 1.24. The first-order chi connectivity index (χ1) is 12.0. The van der Waals surface area contributed by atoms with Crippen LogP contribution in [0.5, 0.6) is 5.75 Å². The third kappa shape index (κ3) is 3.12. The Balaban J connectivity index is 1.92. The number of carbonyl (C=O) groups is 2. The molecule has 2 aromatic rings. The predicted octanol–water partition coefficient (Wildman–Crippen LogP) is 1.15. The van der Waals surface area contributed by atoms with Gasteiger partial charge in [-0.05, 0) is 13.0 Å². The van der Waals surface area contributed by atoms with Gasteiger partial charge in [-0.15, -0.1) is 11.3 Å². The molecule has 0 saturated heterocycles. The number of ether oxygens (including phenoxy) is 1. The monoisotopic (exact) mass is 365 g/mol. The summed E-state index contributed by atoms with van der Waals surface area (Å²) in [6.45, 7) is 2.66. The number of thiophene rings is 1. The van der Waals surface area contributed by atoms with Crippen molar-refractivity contribution in [2.24, 2.45) is 0 Å². The van der Waals surface area contributed by atoms with Gasteiger partial charge in [0.1, 0.15) is 10.6 Å². The number of carboxylic acids is 1. The molecule has 0 saturated carbocycles. The zero-order valence-electron chi connectivity index (χ0n) is 14.0. The first kappa shape index (κ1) is 17.4. The molecular weight excluding hydrogens is 346 g/mol. The van der Waals surface area contributed by atoms with Crippen molar-refractivity contribution >= 4 is 23.2 Å². The summed E-state index contributed by atoms with van der Waals surface area (Å²) in [6.07, 6.45) is 0.494. The van der Waals surface area contributed by atoms with Gasteiger partial charge in [-0.3, -0.25) is 9.48 Å². The summed E-state index contributed by atoms with van der Waals surface area (Å²) >= 11 is 1.36. The van der Waals surface area contributed by atoms with Crippen molar-refractivity contribution < 1.29 is 24.5 Å². The first-order valence-corrected chi connectivity index (χ1v) is 8.64. The van der Waals surface area contributed by atoms with Crippen molar-refractivity contribution in [1.29, 1.82) is 0 Å². The van der Waals surface area contributed by atoms with E-state index in [1.807, 2.05) is 13.0 Å². The molecule has 25 heavy (non-hydrogen) atoms. The van der Waals surface area contributed by atoms with E-state index in [0.29, 0.717) is 29.2 Å². The van der Waals surface area contributed by atoms with Gasteiger partial charge in [0.25, 0.3) is 5.91 Å². The molecule has 134 valence electrons. The van der Waals surface area contributed by atoms with Crippen molar-refractivity contribution in [3.8, 4) is 5.75 Å². The minimum absolute atomic E-state index is 0.0599. The average molecular weight is 365 g/mol. The minimum Gasteiger partial charge on any atom is -0.495 e. The molecular formula is C16H19N3O5S. The number of rotatable bonds is 5. The van der Waals surface area contributed by atoms with E-state index in [2.05, 4.69) is 5.10 Å². The maximum atomic E-state index is 12.9. The van der Waals surface area contributed by atoms with Gasteiger partial charge in [0.05, 0.1) is 26.8 Å². The first-order valence-electron chi connectivity index (χ1n) is 7.82. The molecule has 1 aliphatic rings. The Hall–Kier alpha value is -2.39. The highest BCUT2D eigenvalue weighted by molar-refractivity contribution is 7.14. The van der Waals surface area contributed by atoms with Gasteiger partial charge >= 0.3 is 5.97 Å². The van der Waals surface area contributed by atoms with E-state index >= 15 is 0 Å². The van der Waals surface area contributed by atoms with E-state index in [1.165, 1.54) is 23.1 Å². The average Bonchev–Trinajstić information content (AvgIpc) is 3.15. The Bertz CT molecular complexity index is 826. The number of hydrogen-bond donors (Lipinski definition) is 2. The Kier molecular flexibility index (Phi) is 4.78. The molecule has 0 aromatic carbocycles. The standard InChI is InChI=1S/C16H19N3O5S/c1-9-7-12(24-2)14(25-9)15(21)18-4-3-11-10(8-18)13(16(22)23)17-19(11)5-6-20/h7,20H,3-6,8H2,1-2H3,(H,22,23). The van der Waals surface area contributed by atoms with Crippen LogP contribution < -0.4 is 4.74 Å². The molecule has 8 nitrogen and oxygen atoms in total. The number of aromatic nitrogens is 2. The molecule has 2 aromatic heterocycles. The number of hydrogen-bond acceptors (Lipinski definition) is 6. The Morgan fingerprint density at radius 1 is 1.44 bits per heavy atom. The summed E-state index contributed by atoms with van der Waals surface area (Å²) in [4.78, 5) is 27.4. The third-order valence-electron chi connectivity index (χ3n) is 4.17. The number of nitrogens with zero attached hydrogens (tertiary/aromatic N) is 3. The third-order valence-corrected chi connectivity index (χ3v) is 5.19. The number of carboxylic acid groups (broad SMARTS) is 1. The van der Waals surface area contributed by atoms with E-state index in [-0.39, 0.29) is 31.3 Å². The smallest absolute Gasteiger partial charge is 0.356 e. The summed E-state index contributed by atoms with van der Waals surface area (Å²) in [6, 6.07) is 1.81. The lowest BCUT2D eigenvalue weighted by molar-refractivity contribution is 0.0674. The van der Waals surface area contributed by atoms with Gasteiger partial charge in [0.15, 0.2) is 5.69 Å². The fraction of sp³-hybridized carbons (Fsp3) is 0.438. The highest BCUT2D eigenvalue weighted by atomic mass is 32.1. The van der Waals surface area contributed by atoms with Crippen molar-refractivity contribution in [2.75, 3.05) is 20.3 Å². The zero-order valence-corrected chi connectivity index (χ0v) is 14.8. The second-order valence-electron chi connectivity index (χ2n) is 5.76. The molecule has 3 rings (SSSR count). The lowest BCUT2D eigenvalue weighted by atomic mass is 10.0. The molecule has 0 unspecified atom stereocenters. The van der Waals surface area contributed by atoms with Crippen LogP contribution in [0, 0.1) is 6.92 Å². The molecule has 0 bridgehead atoms. The number of amides is 1. The normalized spacial score (nSPS) is 13.6. The van der Waals surface area contributed by atoms with Crippen LogP contribution >= 0.6 is 11.3 Å². The van der Waals surface area contributed by atoms with Crippen LogP contribution in [0.1, 0.15) is 36.3 Å².